The van der Waals surface area contributed by atoms with Gasteiger partial charge in [0.2, 0.25) is 5.78 Å². The van der Waals surface area contributed by atoms with Gasteiger partial charge in [-0.15, -0.1) is 0 Å². The number of nitrogens with zero attached hydrogens (tertiary/aromatic N) is 1. The Labute approximate surface area is 123 Å². The van der Waals surface area contributed by atoms with E-state index in [2.05, 4.69) is 19.9 Å². The van der Waals surface area contributed by atoms with Crippen molar-refractivity contribution in [3.05, 3.63) is 71.5 Å². The number of pyridine rings is 1. The minimum absolute atomic E-state index is 0.0232. The van der Waals surface area contributed by atoms with Crippen molar-refractivity contribution in [1.82, 2.24) is 4.40 Å². The van der Waals surface area contributed by atoms with E-state index >= 15 is 0 Å². The molecule has 3 aromatic rings. The van der Waals surface area contributed by atoms with Crippen LogP contribution in [0.4, 0.5) is 0 Å². The standard InChI is InChI=1S/C18H17NO2/c1-12(2)16-11-14-5-3-4-10-19(14)17(16)18(21)13-6-8-15(20)9-7-13/h3-12,20H,1-2H3. The number of fused-ring (bicyclic) bond motifs is 1. The van der Waals surface area contributed by atoms with E-state index in [1.165, 1.54) is 12.1 Å². The van der Waals surface area contributed by atoms with Crippen LogP contribution in [0.2, 0.25) is 0 Å². The van der Waals surface area contributed by atoms with Gasteiger partial charge in [0.25, 0.3) is 0 Å². The number of carbonyl (C=O) groups is 1. The number of rotatable bonds is 3. The van der Waals surface area contributed by atoms with Crippen LogP contribution in [0.3, 0.4) is 0 Å². The predicted octanol–water partition coefficient (Wildman–Crippen LogP) is 4.00. The van der Waals surface area contributed by atoms with E-state index in [0.29, 0.717) is 11.3 Å². The zero-order valence-corrected chi connectivity index (χ0v) is 12.1. The highest BCUT2D eigenvalue weighted by Crippen LogP contribution is 2.26. The van der Waals surface area contributed by atoms with Gasteiger partial charge in [-0.1, -0.05) is 19.9 Å². The largest absolute Gasteiger partial charge is 0.508 e. The second kappa shape index (κ2) is 5.09. The van der Waals surface area contributed by atoms with Gasteiger partial charge in [-0.2, -0.15) is 0 Å². The van der Waals surface area contributed by atoms with Gasteiger partial charge in [0.15, 0.2) is 0 Å². The molecule has 0 aliphatic carbocycles. The van der Waals surface area contributed by atoms with E-state index in [-0.39, 0.29) is 17.5 Å². The molecule has 106 valence electrons. The van der Waals surface area contributed by atoms with E-state index in [1.54, 1.807) is 12.1 Å². The van der Waals surface area contributed by atoms with Crippen LogP contribution < -0.4 is 0 Å². The quantitative estimate of drug-likeness (QED) is 0.736. The molecule has 3 nitrogen and oxygen atoms in total. The minimum atomic E-state index is -0.0232. The van der Waals surface area contributed by atoms with E-state index in [1.807, 2.05) is 28.8 Å². The van der Waals surface area contributed by atoms with Crippen molar-refractivity contribution in [2.24, 2.45) is 0 Å². The summed E-state index contributed by atoms with van der Waals surface area (Å²) in [5.74, 6) is 0.404. The molecule has 0 atom stereocenters. The zero-order chi connectivity index (χ0) is 15.0. The van der Waals surface area contributed by atoms with E-state index in [0.717, 1.165) is 11.1 Å². The van der Waals surface area contributed by atoms with Gasteiger partial charge in [0, 0.05) is 17.3 Å². The predicted molar refractivity (Wildman–Crippen MR) is 83.0 cm³/mol. The molecule has 3 heteroatoms. The first-order valence-electron chi connectivity index (χ1n) is 7.01. The highest BCUT2D eigenvalue weighted by Gasteiger charge is 2.20. The molecule has 0 amide bonds. The molecule has 1 aromatic carbocycles. The highest BCUT2D eigenvalue weighted by atomic mass is 16.3. The summed E-state index contributed by atoms with van der Waals surface area (Å²) in [5, 5.41) is 9.37. The smallest absolute Gasteiger partial charge is 0.210 e. The Hall–Kier alpha value is -2.55. The summed E-state index contributed by atoms with van der Waals surface area (Å²) in [7, 11) is 0. The lowest BCUT2D eigenvalue weighted by Gasteiger charge is -2.08. The molecule has 2 heterocycles. The number of ketones is 1. The molecule has 0 aliphatic rings. The Bertz CT molecular complexity index is 798. The zero-order valence-electron chi connectivity index (χ0n) is 12.1. The van der Waals surface area contributed by atoms with Crippen LogP contribution in [-0.4, -0.2) is 15.3 Å². The first kappa shape index (κ1) is 13.4. The van der Waals surface area contributed by atoms with Gasteiger partial charge in [-0.05, 0) is 53.9 Å². The van der Waals surface area contributed by atoms with Crippen molar-refractivity contribution in [3.63, 3.8) is 0 Å². The summed E-state index contributed by atoms with van der Waals surface area (Å²) >= 11 is 0. The minimum Gasteiger partial charge on any atom is -0.508 e. The second-order valence-electron chi connectivity index (χ2n) is 5.47. The van der Waals surface area contributed by atoms with Gasteiger partial charge in [-0.25, -0.2) is 0 Å². The van der Waals surface area contributed by atoms with E-state index in [9.17, 15) is 9.90 Å². The number of aromatic hydroxyl groups is 1. The molecule has 3 rings (SSSR count). The molecule has 0 bridgehead atoms. The Morgan fingerprint density at radius 3 is 2.48 bits per heavy atom. The van der Waals surface area contributed by atoms with Gasteiger partial charge in [0.1, 0.15) is 5.75 Å². The first-order valence-corrected chi connectivity index (χ1v) is 7.01. The Kier molecular flexibility index (Phi) is 3.26. The molecule has 1 N–H and O–H groups in total. The molecule has 0 spiro atoms. The van der Waals surface area contributed by atoms with Gasteiger partial charge >= 0.3 is 0 Å². The fourth-order valence-corrected chi connectivity index (χ4v) is 2.57. The monoisotopic (exact) mass is 279 g/mol. The third-order valence-corrected chi connectivity index (χ3v) is 3.68. The van der Waals surface area contributed by atoms with Crippen molar-refractivity contribution in [1.29, 1.82) is 0 Å². The summed E-state index contributed by atoms with van der Waals surface area (Å²) in [6, 6.07) is 14.3. The second-order valence-corrected chi connectivity index (χ2v) is 5.47. The summed E-state index contributed by atoms with van der Waals surface area (Å²) in [5.41, 5.74) is 3.34. The lowest BCUT2D eigenvalue weighted by molar-refractivity contribution is 0.103. The number of hydrogen-bond donors (Lipinski definition) is 1. The van der Waals surface area contributed by atoms with Crippen molar-refractivity contribution >= 4 is 11.3 Å². The normalized spacial score (nSPS) is 11.2. The number of phenolic OH excluding ortho intramolecular Hbond substituents is 1. The molecule has 0 saturated heterocycles. The third kappa shape index (κ3) is 2.31. The van der Waals surface area contributed by atoms with Crippen molar-refractivity contribution in [2.45, 2.75) is 19.8 Å². The van der Waals surface area contributed by atoms with E-state index in [4.69, 9.17) is 0 Å². The average molecular weight is 279 g/mol. The molecule has 0 radical (unpaired) electrons. The van der Waals surface area contributed by atoms with Crippen LogP contribution in [0, 0.1) is 0 Å². The van der Waals surface area contributed by atoms with Crippen LogP contribution in [0.15, 0.2) is 54.7 Å². The van der Waals surface area contributed by atoms with Crippen molar-refractivity contribution < 1.29 is 9.90 Å². The van der Waals surface area contributed by atoms with Gasteiger partial charge < -0.3 is 9.51 Å². The number of aromatic nitrogens is 1. The maximum absolute atomic E-state index is 12.9. The summed E-state index contributed by atoms with van der Waals surface area (Å²) in [6.07, 6.45) is 1.91. The summed E-state index contributed by atoms with van der Waals surface area (Å²) in [6.45, 7) is 4.17. The highest BCUT2D eigenvalue weighted by molar-refractivity contribution is 6.09. The third-order valence-electron chi connectivity index (χ3n) is 3.68. The lowest BCUT2D eigenvalue weighted by Crippen LogP contribution is -2.08. The fourth-order valence-electron chi connectivity index (χ4n) is 2.57. The van der Waals surface area contributed by atoms with Crippen molar-refractivity contribution in [3.8, 4) is 5.75 Å². The average Bonchev–Trinajstić information content (AvgIpc) is 2.87. The Balaban J connectivity index is 2.20. The first-order chi connectivity index (χ1) is 10.1. The molecule has 0 aliphatic heterocycles. The van der Waals surface area contributed by atoms with Crippen LogP contribution in [0.1, 0.15) is 41.4 Å². The van der Waals surface area contributed by atoms with Gasteiger partial charge in [-0.3, -0.25) is 4.79 Å². The summed E-state index contributed by atoms with van der Waals surface area (Å²) in [4.78, 5) is 12.9. The molecule has 2 aromatic heterocycles. The number of carbonyl (C=O) groups excluding carboxylic acids is 1. The van der Waals surface area contributed by atoms with Crippen LogP contribution in [0.5, 0.6) is 5.75 Å². The molecule has 21 heavy (non-hydrogen) atoms. The Morgan fingerprint density at radius 1 is 1.10 bits per heavy atom. The molecule has 0 unspecified atom stereocenters. The maximum atomic E-state index is 12.9. The molecular weight excluding hydrogens is 262 g/mol. The van der Waals surface area contributed by atoms with Crippen LogP contribution in [-0.2, 0) is 0 Å². The van der Waals surface area contributed by atoms with Crippen LogP contribution in [0.25, 0.3) is 5.52 Å². The topological polar surface area (TPSA) is 41.7 Å². The van der Waals surface area contributed by atoms with Crippen molar-refractivity contribution in [2.75, 3.05) is 0 Å². The Morgan fingerprint density at radius 2 is 1.81 bits per heavy atom. The molecule has 0 fully saturated rings. The summed E-state index contributed by atoms with van der Waals surface area (Å²) < 4.78 is 1.94. The maximum Gasteiger partial charge on any atom is 0.210 e. The number of phenols is 1. The fraction of sp³-hybridized carbons (Fsp3) is 0.167. The van der Waals surface area contributed by atoms with Gasteiger partial charge in [0.05, 0.1) is 5.69 Å². The number of hydrogen-bond acceptors (Lipinski definition) is 2. The van der Waals surface area contributed by atoms with Crippen LogP contribution >= 0.6 is 0 Å². The molecular formula is C18H17NO2. The lowest BCUT2D eigenvalue weighted by atomic mass is 9.98. The van der Waals surface area contributed by atoms with E-state index < -0.39 is 0 Å². The molecule has 0 saturated carbocycles. The SMILES string of the molecule is CC(C)c1cc2ccccn2c1C(=O)c1ccc(O)cc1. The number of benzene rings is 1.